The summed E-state index contributed by atoms with van der Waals surface area (Å²) < 4.78 is 39.2. The predicted molar refractivity (Wildman–Crippen MR) is 108 cm³/mol. The SMILES string of the molecule is C[C@@H]1CN(C(=O)[C@@](C)(O)C(F)(F)F)CC[C@@H]1C1(c2nc(-c3ccc(Cl)cc3)n[nH]2)CC1. The molecule has 2 aliphatic rings. The number of alkyl halides is 3. The van der Waals surface area contributed by atoms with Crippen molar-refractivity contribution in [2.24, 2.45) is 11.8 Å². The molecule has 0 unspecified atom stereocenters. The van der Waals surface area contributed by atoms with Crippen molar-refractivity contribution in [1.82, 2.24) is 20.1 Å². The second-order valence-electron chi connectivity index (χ2n) is 8.86. The number of likely N-dealkylation sites (tertiary alicyclic amines) is 1. The maximum Gasteiger partial charge on any atom is 0.426 e. The normalized spacial score (nSPS) is 25.2. The number of halogens is 4. The van der Waals surface area contributed by atoms with E-state index in [1.807, 2.05) is 19.1 Å². The fourth-order valence-electron chi connectivity index (χ4n) is 4.71. The summed E-state index contributed by atoms with van der Waals surface area (Å²) in [6.45, 7) is 2.78. The van der Waals surface area contributed by atoms with Gasteiger partial charge in [0.05, 0.1) is 0 Å². The number of H-pyrrole nitrogens is 1. The Morgan fingerprint density at radius 3 is 2.48 bits per heavy atom. The van der Waals surface area contributed by atoms with Crippen LogP contribution in [0.3, 0.4) is 0 Å². The lowest BCUT2D eigenvalue weighted by atomic mass is 9.74. The fraction of sp³-hybridized carbons (Fsp3) is 0.571. The molecule has 1 aromatic carbocycles. The zero-order valence-electron chi connectivity index (χ0n) is 17.2. The average molecular weight is 457 g/mol. The molecule has 0 bridgehead atoms. The van der Waals surface area contributed by atoms with Gasteiger partial charge in [0.15, 0.2) is 5.82 Å². The lowest BCUT2D eigenvalue weighted by Gasteiger charge is -2.42. The number of amides is 1. The fourth-order valence-corrected chi connectivity index (χ4v) is 4.84. The van der Waals surface area contributed by atoms with Crippen molar-refractivity contribution < 1.29 is 23.1 Å². The number of hydrogen-bond acceptors (Lipinski definition) is 4. The first-order valence-electron chi connectivity index (χ1n) is 10.2. The number of aromatic amines is 1. The minimum Gasteiger partial charge on any atom is -0.373 e. The standard InChI is InChI=1S/C21H24ClF3N4O2/c1-12-11-29(18(30)19(2,31)21(23,24)25)10-7-15(12)20(8-9-20)17-26-16(27-28-17)13-3-5-14(22)6-4-13/h3-6,12,15,31H,7-11H2,1-2H3,(H,26,27,28)/t12-,15+,19-/m1/s1. The lowest BCUT2D eigenvalue weighted by molar-refractivity contribution is -0.251. The highest BCUT2D eigenvalue weighted by Gasteiger charge is 2.59. The molecule has 3 atom stereocenters. The molecule has 1 aliphatic carbocycles. The van der Waals surface area contributed by atoms with Crippen molar-refractivity contribution in [3.05, 3.63) is 35.1 Å². The molecule has 1 aliphatic heterocycles. The number of aromatic nitrogens is 3. The zero-order chi connectivity index (χ0) is 22.6. The summed E-state index contributed by atoms with van der Waals surface area (Å²) in [5, 5.41) is 17.8. The van der Waals surface area contributed by atoms with E-state index in [-0.39, 0.29) is 30.3 Å². The molecule has 2 N–H and O–H groups in total. The number of aliphatic hydroxyl groups is 1. The Hall–Kier alpha value is -2.13. The van der Waals surface area contributed by atoms with E-state index in [0.717, 1.165) is 29.1 Å². The summed E-state index contributed by atoms with van der Waals surface area (Å²) in [6.07, 6.45) is -2.66. The van der Waals surface area contributed by atoms with Crippen LogP contribution < -0.4 is 0 Å². The lowest BCUT2D eigenvalue weighted by Crippen LogP contribution is -2.59. The van der Waals surface area contributed by atoms with Crippen molar-refractivity contribution in [2.75, 3.05) is 13.1 Å². The van der Waals surface area contributed by atoms with Crippen molar-refractivity contribution in [1.29, 1.82) is 0 Å². The molecule has 1 amide bonds. The molecule has 2 fully saturated rings. The molecular formula is C21H24ClF3N4O2. The van der Waals surface area contributed by atoms with Gasteiger partial charge in [-0.05, 0) is 62.3 Å². The Morgan fingerprint density at radius 1 is 1.29 bits per heavy atom. The van der Waals surface area contributed by atoms with Crippen LogP contribution in [-0.2, 0) is 10.2 Å². The molecule has 2 aromatic rings. The first-order valence-corrected chi connectivity index (χ1v) is 10.6. The predicted octanol–water partition coefficient (Wildman–Crippen LogP) is 3.95. The highest BCUT2D eigenvalue weighted by atomic mass is 35.5. The summed E-state index contributed by atoms with van der Waals surface area (Å²) in [5.41, 5.74) is -2.75. The van der Waals surface area contributed by atoms with Crippen LogP contribution in [0.5, 0.6) is 0 Å². The number of piperidine rings is 1. The minimum absolute atomic E-state index is 0.0479. The molecule has 1 saturated carbocycles. The third kappa shape index (κ3) is 3.82. The van der Waals surface area contributed by atoms with Crippen LogP contribution in [0.1, 0.15) is 38.9 Å². The molecule has 0 radical (unpaired) electrons. The van der Waals surface area contributed by atoms with Gasteiger partial charge in [-0.15, -0.1) is 0 Å². The maximum atomic E-state index is 13.1. The molecule has 10 heteroatoms. The van der Waals surface area contributed by atoms with E-state index in [9.17, 15) is 23.1 Å². The Balaban J connectivity index is 1.49. The van der Waals surface area contributed by atoms with Crippen LogP contribution in [0.2, 0.25) is 5.02 Å². The van der Waals surface area contributed by atoms with Crippen molar-refractivity contribution in [3.63, 3.8) is 0 Å². The summed E-state index contributed by atoms with van der Waals surface area (Å²) in [4.78, 5) is 18.2. The molecule has 1 saturated heterocycles. The van der Waals surface area contributed by atoms with Crippen LogP contribution in [0, 0.1) is 11.8 Å². The monoisotopic (exact) mass is 456 g/mol. The van der Waals surface area contributed by atoms with Crippen LogP contribution in [-0.4, -0.2) is 56.0 Å². The third-order valence-electron chi connectivity index (χ3n) is 6.72. The second-order valence-corrected chi connectivity index (χ2v) is 9.30. The number of rotatable bonds is 4. The van der Waals surface area contributed by atoms with E-state index in [1.54, 1.807) is 12.1 Å². The molecule has 1 aromatic heterocycles. The Bertz CT molecular complexity index is 970. The number of hydrogen-bond donors (Lipinski definition) is 2. The van der Waals surface area contributed by atoms with E-state index in [2.05, 4.69) is 10.2 Å². The highest BCUT2D eigenvalue weighted by Crippen LogP contribution is 2.57. The van der Waals surface area contributed by atoms with Crippen LogP contribution in [0.4, 0.5) is 13.2 Å². The average Bonchev–Trinajstić information content (AvgIpc) is 3.35. The summed E-state index contributed by atoms with van der Waals surface area (Å²) in [5.74, 6) is 0.155. The highest BCUT2D eigenvalue weighted by molar-refractivity contribution is 6.30. The van der Waals surface area contributed by atoms with Crippen molar-refractivity contribution >= 4 is 17.5 Å². The maximum absolute atomic E-state index is 13.1. The molecule has 2 heterocycles. The summed E-state index contributed by atoms with van der Waals surface area (Å²) in [6, 6.07) is 7.22. The van der Waals surface area contributed by atoms with E-state index >= 15 is 0 Å². The number of nitrogens with one attached hydrogen (secondary N) is 1. The number of carbonyl (C=O) groups is 1. The van der Waals surface area contributed by atoms with Crippen LogP contribution >= 0.6 is 11.6 Å². The van der Waals surface area contributed by atoms with Crippen molar-refractivity contribution in [3.8, 4) is 11.4 Å². The van der Waals surface area contributed by atoms with E-state index in [0.29, 0.717) is 24.2 Å². The molecule has 6 nitrogen and oxygen atoms in total. The third-order valence-corrected chi connectivity index (χ3v) is 6.97. The second kappa shape index (κ2) is 7.48. The smallest absolute Gasteiger partial charge is 0.373 e. The van der Waals surface area contributed by atoms with Gasteiger partial charge in [-0.25, -0.2) is 4.98 Å². The van der Waals surface area contributed by atoms with Gasteiger partial charge in [0.2, 0.25) is 5.60 Å². The molecule has 4 rings (SSSR count). The minimum atomic E-state index is -5.01. The zero-order valence-corrected chi connectivity index (χ0v) is 18.0. The molecular weight excluding hydrogens is 433 g/mol. The largest absolute Gasteiger partial charge is 0.426 e. The first-order chi connectivity index (χ1) is 14.5. The van der Waals surface area contributed by atoms with E-state index in [1.165, 1.54) is 0 Å². The van der Waals surface area contributed by atoms with Gasteiger partial charge in [-0.2, -0.15) is 18.3 Å². The van der Waals surface area contributed by atoms with Crippen LogP contribution in [0.15, 0.2) is 24.3 Å². The Morgan fingerprint density at radius 2 is 1.94 bits per heavy atom. The number of carbonyl (C=O) groups excluding carboxylic acids is 1. The van der Waals surface area contributed by atoms with Gasteiger partial charge in [0, 0.05) is 29.1 Å². The summed E-state index contributed by atoms with van der Waals surface area (Å²) in [7, 11) is 0. The molecule has 31 heavy (non-hydrogen) atoms. The van der Waals surface area contributed by atoms with Crippen molar-refractivity contribution in [2.45, 2.75) is 50.3 Å². The quantitative estimate of drug-likeness (QED) is 0.729. The molecule has 168 valence electrons. The van der Waals surface area contributed by atoms with Gasteiger partial charge in [0.25, 0.3) is 5.91 Å². The molecule has 0 spiro atoms. The van der Waals surface area contributed by atoms with E-state index in [4.69, 9.17) is 16.6 Å². The van der Waals surface area contributed by atoms with Gasteiger partial charge >= 0.3 is 6.18 Å². The number of benzene rings is 1. The Kier molecular flexibility index (Phi) is 5.33. The Labute approximate surface area is 182 Å². The van der Waals surface area contributed by atoms with Gasteiger partial charge < -0.3 is 10.0 Å². The first kappa shape index (κ1) is 22.1. The van der Waals surface area contributed by atoms with Gasteiger partial charge in [0.1, 0.15) is 5.82 Å². The van der Waals surface area contributed by atoms with Crippen LogP contribution in [0.25, 0.3) is 11.4 Å². The summed E-state index contributed by atoms with van der Waals surface area (Å²) >= 11 is 5.94. The van der Waals surface area contributed by atoms with Gasteiger partial charge in [-0.3, -0.25) is 9.89 Å². The number of nitrogens with zero attached hydrogens (tertiary/aromatic N) is 3. The topological polar surface area (TPSA) is 82.1 Å². The van der Waals surface area contributed by atoms with Gasteiger partial charge in [-0.1, -0.05) is 18.5 Å². The van der Waals surface area contributed by atoms with E-state index < -0.39 is 17.7 Å².